The molecule has 1 aliphatic heterocycles. The van der Waals surface area contributed by atoms with Gasteiger partial charge in [0.1, 0.15) is 18.4 Å². The van der Waals surface area contributed by atoms with Crippen molar-refractivity contribution >= 4 is 6.03 Å². The van der Waals surface area contributed by atoms with E-state index in [-0.39, 0.29) is 6.03 Å². The van der Waals surface area contributed by atoms with Crippen molar-refractivity contribution in [3.8, 4) is 0 Å². The fourth-order valence-electron chi connectivity index (χ4n) is 2.77. The topological polar surface area (TPSA) is 76.2 Å². The molecule has 1 saturated heterocycles. The average molecular weight is 303 g/mol. The van der Waals surface area contributed by atoms with E-state index in [0.717, 1.165) is 44.7 Å². The van der Waals surface area contributed by atoms with Crippen LogP contribution < -0.4 is 5.32 Å². The summed E-state index contributed by atoms with van der Waals surface area (Å²) in [4.78, 5) is 18.0. The van der Waals surface area contributed by atoms with Gasteiger partial charge in [0.25, 0.3) is 0 Å². The van der Waals surface area contributed by atoms with Crippen LogP contribution in [0.25, 0.3) is 0 Å². The van der Waals surface area contributed by atoms with E-state index in [2.05, 4.69) is 15.4 Å². The molecule has 2 aromatic heterocycles. The summed E-state index contributed by atoms with van der Waals surface area (Å²) in [5, 5.41) is 7.08. The zero-order chi connectivity index (χ0) is 15.2. The number of piperidine rings is 1. The minimum absolute atomic E-state index is 0.0192. The monoisotopic (exact) mass is 303 g/mol. The molecule has 118 valence electrons. The fourth-order valence-corrected chi connectivity index (χ4v) is 2.77. The number of hydrogen-bond donors (Lipinski definition) is 1. The van der Waals surface area contributed by atoms with E-state index in [0.29, 0.717) is 12.5 Å². The van der Waals surface area contributed by atoms with Gasteiger partial charge in [-0.25, -0.2) is 9.78 Å². The molecular weight excluding hydrogens is 282 g/mol. The first kappa shape index (κ1) is 14.6. The molecular formula is C15H21N5O2. The van der Waals surface area contributed by atoms with Gasteiger partial charge in [-0.1, -0.05) is 0 Å². The zero-order valence-electron chi connectivity index (χ0n) is 12.5. The van der Waals surface area contributed by atoms with Crippen molar-refractivity contribution in [3.05, 3.63) is 36.8 Å². The normalized spacial score (nSPS) is 15.9. The molecule has 1 N–H and O–H groups in total. The Balaban J connectivity index is 1.36. The number of hydrogen-bond acceptors (Lipinski definition) is 4. The summed E-state index contributed by atoms with van der Waals surface area (Å²) in [7, 11) is 0. The highest BCUT2D eigenvalue weighted by atomic mass is 16.3. The molecule has 0 unspecified atom stereocenters. The van der Waals surface area contributed by atoms with Gasteiger partial charge in [0, 0.05) is 32.6 Å². The van der Waals surface area contributed by atoms with Crippen molar-refractivity contribution in [1.29, 1.82) is 0 Å². The maximum atomic E-state index is 12.1. The molecule has 7 nitrogen and oxygen atoms in total. The molecule has 0 bridgehead atoms. The van der Waals surface area contributed by atoms with E-state index in [9.17, 15) is 4.79 Å². The third-order valence-electron chi connectivity index (χ3n) is 4.04. The summed E-state index contributed by atoms with van der Waals surface area (Å²) in [6.45, 7) is 3.08. The summed E-state index contributed by atoms with van der Waals surface area (Å²) in [5.74, 6) is 1.46. The molecule has 0 aliphatic carbocycles. The van der Waals surface area contributed by atoms with Crippen LogP contribution in [0.2, 0.25) is 0 Å². The van der Waals surface area contributed by atoms with Gasteiger partial charge in [-0.2, -0.15) is 5.10 Å². The minimum atomic E-state index is 0.0192. The molecule has 1 fully saturated rings. The van der Waals surface area contributed by atoms with Crippen LogP contribution in [0.5, 0.6) is 0 Å². The van der Waals surface area contributed by atoms with Gasteiger partial charge in [0.15, 0.2) is 0 Å². The van der Waals surface area contributed by atoms with E-state index < -0.39 is 0 Å². The zero-order valence-corrected chi connectivity index (χ0v) is 12.5. The van der Waals surface area contributed by atoms with Crippen LogP contribution in [0, 0.1) is 5.92 Å². The van der Waals surface area contributed by atoms with Crippen molar-refractivity contribution in [3.63, 3.8) is 0 Å². The molecule has 0 aromatic carbocycles. The second-order valence-electron chi connectivity index (χ2n) is 5.61. The number of rotatable bonds is 5. The molecule has 0 atom stereocenters. The summed E-state index contributed by atoms with van der Waals surface area (Å²) < 4.78 is 7.11. The first-order chi connectivity index (χ1) is 10.8. The van der Waals surface area contributed by atoms with Crippen LogP contribution in [0.1, 0.15) is 18.6 Å². The molecule has 0 radical (unpaired) electrons. The lowest BCUT2D eigenvalue weighted by atomic mass is 9.97. The van der Waals surface area contributed by atoms with Gasteiger partial charge >= 0.3 is 6.03 Å². The molecule has 2 amide bonds. The van der Waals surface area contributed by atoms with E-state index in [1.807, 2.05) is 21.7 Å². The summed E-state index contributed by atoms with van der Waals surface area (Å²) in [6.07, 6.45) is 7.69. The number of amides is 2. The maximum absolute atomic E-state index is 12.1. The summed E-state index contributed by atoms with van der Waals surface area (Å²) in [6, 6.07) is 3.80. The molecule has 0 spiro atoms. The molecule has 3 rings (SSSR count). The highest BCUT2D eigenvalue weighted by Gasteiger charge is 2.22. The Morgan fingerprint density at radius 1 is 1.41 bits per heavy atom. The van der Waals surface area contributed by atoms with Crippen LogP contribution >= 0.6 is 0 Å². The minimum Gasteiger partial charge on any atom is -0.469 e. The summed E-state index contributed by atoms with van der Waals surface area (Å²) >= 11 is 0. The van der Waals surface area contributed by atoms with Gasteiger partial charge in [0.2, 0.25) is 0 Å². The standard InChI is InChI=1S/C15H21N5O2/c21-15(17-6-3-14-2-1-9-22-14)19-7-4-13(5-8-19)10-20-12-16-11-18-20/h1-2,9,11-13H,3-8,10H2,(H,17,21). The molecule has 2 aromatic rings. The molecule has 22 heavy (non-hydrogen) atoms. The van der Waals surface area contributed by atoms with Crippen molar-refractivity contribution in [2.24, 2.45) is 5.92 Å². The number of carbonyl (C=O) groups is 1. The van der Waals surface area contributed by atoms with Gasteiger partial charge in [-0.3, -0.25) is 4.68 Å². The van der Waals surface area contributed by atoms with E-state index in [1.165, 1.54) is 0 Å². The van der Waals surface area contributed by atoms with E-state index in [1.54, 1.807) is 18.9 Å². The predicted octanol–water partition coefficient (Wildman–Crippen LogP) is 1.54. The number of nitrogens with one attached hydrogen (secondary N) is 1. The van der Waals surface area contributed by atoms with Crippen molar-refractivity contribution < 1.29 is 9.21 Å². The Hall–Kier alpha value is -2.31. The van der Waals surface area contributed by atoms with E-state index >= 15 is 0 Å². The van der Waals surface area contributed by atoms with Crippen molar-refractivity contribution in [2.75, 3.05) is 19.6 Å². The quantitative estimate of drug-likeness (QED) is 0.909. The molecule has 1 aliphatic rings. The van der Waals surface area contributed by atoms with E-state index in [4.69, 9.17) is 4.42 Å². The Morgan fingerprint density at radius 2 is 2.27 bits per heavy atom. The highest BCUT2D eigenvalue weighted by molar-refractivity contribution is 5.74. The lowest BCUT2D eigenvalue weighted by Gasteiger charge is -2.31. The van der Waals surface area contributed by atoms with Gasteiger partial charge < -0.3 is 14.6 Å². The van der Waals surface area contributed by atoms with Gasteiger partial charge in [0.05, 0.1) is 6.26 Å². The van der Waals surface area contributed by atoms with Crippen LogP contribution in [0.3, 0.4) is 0 Å². The fraction of sp³-hybridized carbons (Fsp3) is 0.533. The molecule has 7 heteroatoms. The summed E-state index contributed by atoms with van der Waals surface area (Å²) in [5.41, 5.74) is 0. The lowest BCUT2D eigenvalue weighted by molar-refractivity contribution is 0.164. The second-order valence-corrected chi connectivity index (χ2v) is 5.61. The van der Waals surface area contributed by atoms with Crippen LogP contribution in [-0.4, -0.2) is 45.3 Å². The predicted molar refractivity (Wildman–Crippen MR) is 80.1 cm³/mol. The maximum Gasteiger partial charge on any atom is 0.317 e. The number of furan rings is 1. The Bertz CT molecular complexity index is 559. The first-order valence-electron chi connectivity index (χ1n) is 7.69. The SMILES string of the molecule is O=C(NCCc1ccco1)N1CCC(Cn2cncn2)CC1. The van der Waals surface area contributed by atoms with Crippen molar-refractivity contribution in [1.82, 2.24) is 25.0 Å². The van der Waals surface area contributed by atoms with Crippen LogP contribution in [0.15, 0.2) is 35.5 Å². The number of urea groups is 1. The molecule has 3 heterocycles. The van der Waals surface area contributed by atoms with Gasteiger partial charge in [-0.05, 0) is 30.9 Å². The smallest absolute Gasteiger partial charge is 0.317 e. The Labute approximate surface area is 129 Å². The lowest BCUT2D eigenvalue weighted by Crippen LogP contribution is -2.45. The third kappa shape index (κ3) is 3.87. The largest absolute Gasteiger partial charge is 0.469 e. The number of aromatic nitrogens is 3. The average Bonchev–Trinajstić information content (AvgIpc) is 3.21. The number of nitrogens with zero attached hydrogens (tertiary/aromatic N) is 4. The molecule has 0 saturated carbocycles. The highest BCUT2D eigenvalue weighted by Crippen LogP contribution is 2.18. The van der Waals surface area contributed by atoms with Gasteiger partial charge in [-0.15, -0.1) is 0 Å². The number of carbonyl (C=O) groups excluding carboxylic acids is 1. The van der Waals surface area contributed by atoms with Crippen LogP contribution in [0.4, 0.5) is 4.79 Å². The Kier molecular flexibility index (Phi) is 4.72. The first-order valence-corrected chi connectivity index (χ1v) is 7.69. The third-order valence-corrected chi connectivity index (χ3v) is 4.04. The van der Waals surface area contributed by atoms with Crippen molar-refractivity contribution in [2.45, 2.75) is 25.8 Å². The Morgan fingerprint density at radius 3 is 2.95 bits per heavy atom. The van der Waals surface area contributed by atoms with Crippen LogP contribution in [-0.2, 0) is 13.0 Å². The second kappa shape index (κ2) is 7.11. The number of likely N-dealkylation sites (tertiary alicyclic amines) is 1.